The highest BCUT2D eigenvalue weighted by Gasteiger charge is 2.26. The molecule has 0 unspecified atom stereocenters. The molecular formula is C12H22Si. The molecule has 74 valence electrons. The summed E-state index contributed by atoms with van der Waals surface area (Å²) in [7, 11) is -1.04. The first-order valence-electron chi connectivity index (χ1n) is 5.70. The number of hydrogen-bond acceptors (Lipinski definition) is 0. The standard InChI is InChI=1S/C12H22Si/c1-3-5-9-13(10-6-4-2)11-7-8-12-13/h7-8,11-12H,3-6,9-10H2,1-2H3. The first-order valence-corrected chi connectivity index (χ1v) is 8.27. The summed E-state index contributed by atoms with van der Waals surface area (Å²) in [4.78, 5) is 0. The van der Waals surface area contributed by atoms with Gasteiger partial charge in [0.25, 0.3) is 0 Å². The van der Waals surface area contributed by atoms with Gasteiger partial charge < -0.3 is 0 Å². The minimum absolute atomic E-state index is 1.04. The second-order valence-electron chi connectivity index (χ2n) is 4.16. The fraction of sp³-hybridized carbons (Fsp3) is 0.667. The lowest BCUT2D eigenvalue weighted by molar-refractivity contribution is 0.837. The van der Waals surface area contributed by atoms with E-state index in [1.807, 2.05) is 0 Å². The van der Waals surface area contributed by atoms with Crippen molar-refractivity contribution in [3.8, 4) is 0 Å². The van der Waals surface area contributed by atoms with Crippen molar-refractivity contribution in [2.75, 3.05) is 0 Å². The zero-order valence-corrected chi connectivity index (χ0v) is 10.1. The molecular weight excluding hydrogens is 172 g/mol. The van der Waals surface area contributed by atoms with Crippen LogP contribution in [0.1, 0.15) is 39.5 Å². The predicted octanol–water partition coefficient (Wildman–Crippen LogP) is 4.24. The minimum atomic E-state index is -1.04. The van der Waals surface area contributed by atoms with Gasteiger partial charge in [0.15, 0.2) is 0 Å². The maximum atomic E-state index is 2.54. The topological polar surface area (TPSA) is 0 Å². The summed E-state index contributed by atoms with van der Waals surface area (Å²) >= 11 is 0. The third-order valence-corrected chi connectivity index (χ3v) is 7.24. The summed E-state index contributed by atoms with van der Waals surface area (Å²) in [5.74, 6) is 0. The van der Waals surface area contributed by atoms with Crippen LogP contribution in [-0.2, 0) is 0 Å². The van der Waals surface area contributed by atoms with E-state index >= 15 is 0 Å². The molecule has 1 rings (SSSR count). The Morgan fingerprint density at radius 1 is 0.846 bits per heavy atom. The molecule has 0 saturated carbocycles. The van der Waals surface area contributed by atoms with Gasteiger partial charge in [-0.2, -0.15) is 0 Å². The molecule has 0 aromatic carbocycles. The molecule has 1 aliphatic rings. The molecule has 13 heavy (non-hydrogen) atoms. The van der Waals surface area contributed by atoms with Crippen molar-refractivity contribution < 1.29 is 0 Å². The van der Waals surface area contributed by atoms with Crippen molar-refractivity contribution >= 4 is 8.07 Å². The average Bonchev–Trinajstić information content (AvgIpc) is 2.61. The molecule has 0 radical (unpaired) electrons. The lowest BCUT2D eigenvalue weighted by atomic mass is 10.4. The number of hydrogen-bond donors (Lipinski definition) is 0. The number of unbranched alkanes of at least 4 members (excludes halogenated alkanes) is 2. The molecule has 0 nitrogen and oxygen atoms in total. The molecule has 0 N–H and O–H groups in total. The molecule has 0 aromatic rings. The fourth-order valence-electron chi connectivity index (χ4n) is 2.02. The molecule has 1 aliphatic heterocycles. The van der Waals surface area contributed by atoms with Crippen LogP contribution in [0.25, 0.3) is 0 Å². The second kappa shape index (κ2) is 5.43. The van der Waals surface area contributed by atoms with Crippen molar-refractivity contribution in [3.63, 3.8) is 0 Å². The van der Waals surface area contributed by atoms with Gasteiger partial charge in [-0.3, -0.25) is 0 Å². The normalized spacial score (nSPS) is 18.3. The van der Waals surface area contributed by atoms with Gasteiger partial charge in [0.2, 0.25) is 0 Å². The molecule has 0 aliphatic carbocycles. The smallest absolute Gasteiger partial charge is 0.0904 e. The van der Waals surface area contributed by atoms with Crippen molar-refractivity contribution in [3.05, 3.63) is 23.6 Å². The molecule has 0 atom stereocenters. The van der Waals surface area contributed by atoms with Gasteiger partial charge in [0.05, 0.1) is 0 Å². The third kappa shape index (κ3) is 3.15. The van der Waals surface area contributed by atoms with Crippen LogP contribution >= 0.6 is 0 Å². The lowest BCUT2D eigenvalue weighted by Crippen LogP contribution is -2.27. The van der Waals surface area contributed by atoms with E-state index in [2.05, 4.69) is 37.4 Å². The van der Waals surface area contributed by atoms with E-state index in [1.165, 1.54) is 37.8 Å². The minimum Gasteiger partial charge on any atom is -0.0904 e. The Labute approximate surface area is 83.7 Å². The van der Waals surface area contributed by atoms with Crippen LogP contribution in [0.4, 0.5) is 0 Å². The molecule has 1 heterocycles. The molecule has 1 heteroatoms. The van der Waals surface area contributed by atoms with Gasteiger partial charge in [-0.1, -0.05) is 75.2 Å². The Kier molecular flexibility index (Phi) is 4.50. The zero-order valence-electron chi connectivity index (χ0n) is 9.05. The van der Waals surface area contributed by atoms with E-state index in [1.54, 1.807) is 0 Å². The average molecular weight is 194 g/mol. The zero-order chi connectivity index (χ0) is 9.57. The van der Waals surface area contributed by atoms with Crippen molar-refractivity contribution in [2.24, 2.45) is 0 Å². The molecule has 0 spiro atoms. The number of allylic oxidation sites excluding steroid dienone is 2. The largest absolute Gasteiger partial charge is 0.102 e. The van der Waals surface area contributed by atoms with Gasteiger partial charge in [0.1, 0.15) is 8.07 Å². The highest BCUT2D eigenvalue weighted by Crippen LogP contribution is 2.27. The quantitative estimate of drug-likeness (QED) is 0.555. The summed E-state index contributed by atoms with van der Waals surface area (Å²) in [6.45, 7) is 4.59. The molecule has 0 amide bonds. The summed E-state index contributed by atoms with van der Waals surface area (Å²) in [5.41, 5.74) is 5.08. The van der Waals surface area contributed by atoms with E-state index in [-0.39, 0.29) is 0 Å². The molecule has 0 aromatic heterocycles. The van der Waals surface area contributed by atoms with E-state index in [9.17, 15) is 0 Å². The first kappa shape index (κ1) is 10.8. The lowest BCUT2D eigenvalue weighted by Gasteiger charge is -2.22. The summed E-state index contributed by atoms with van der Waals surface area (Å²) < 4.78 is 0. The van der Waals surface area contributed by atoms with E-state index in [0.29, 0.717) is 0 Å². The van der Waals surface area contributed by atoms with Crippen LogP contribution in [-0.4, -0.2) is 8.07 Å². The van der Waals surface area contributed by atoms with Crippen molar-refractivity contribution in [1.29, 1.82) is 0 Å². The van der Waals surface area contributed by atoms with E-state index < -0.39 is 8.07 Å². The molecule has 0 bridgehead atoms. The van der Waals surface area contributed by atoms with Crippen LogP contribution in [0.2, 0.25) is 12.1 Å². The summed E-state index contributed by atoms with van der Waals surface area (Å²) in [6.07, 6.45) is 10.1. The van der Waals surface area contributed by atoms with Crippen molar-refractivity contribution in [1.82, 2.24) is 0 Å². The Bertz CT molecular complexity index is 169. The first-order chi connectivity index (χ1) is 6.33. The van der Waals surface area contributed by atoms with Gasteiger partial charge in [-0.25, -0.2) is 0 Å². The maximum absolute atomic E-state index is 2.54. The Balaban J connectivity index is 2.44. The predicted molar refractivity (Wildman–Crippen MR) is 63.5 cm³/mol. The summed E-state index contributed by atoms with van der Waals surface area (Å²) in [5, 5.41) is 0. The fourth-order valence-corrected chi connectivity index (χ4v) is 6.06. The monoisotopic (exact) mass is 194 g/mol. The van der Waals surface area contributed by atoms with Gasteiger partial charge in [-0.05, 0) is 0 Å². The van der Waals surface area contributed by atoms with Crippen LogP contribution in [0.3, 0.4) is 0 Å². The highest BCUT2D eigenvalue weighted by atomic mass is 28.3. The van der Waals surface area contributed by atoms with E-state index in [4.69, 9.17) is 0 Å². The van der Waals surface area contributed by atoms with Crippen LogP contribution in [0, 0.1) is 0 Å². The molecule has 0 fully saturated rings. The Morgan fingerprint density at radius 2 is 1.31 bits per heavy atom. The van der Waals surface area contributed by atoms with Gasteiger partial charge >= 0.3 is 0 Å². The molecule has 0 saturated heterocycles. The van der Waals surface area contributed by atoms with Gasteiger partial charge in [0, 0.05) is 0 Å². The third-order valence-electron chi connectivity index (χ3n) is 2.96. The number of rotatable bonds is 6. The Hall–Kier alpha value is -0.303. The highest BCUT2D eigenvalue weighted by molar-refractivity contribution is 6.89. The van der Waals surface area contributed by atoms with E-state index in [0.717, 1.165) is 0 Å². The van der Waals surface area contributed by atoms with Crippen LogP contribution in [0.15, 0.2) is 23.6 Å². The van der Waals surface area contributed by atoms with Crippen LogP contribution < -0.4 is 0 Å². The van der Waals surface area contributed by atoms with Crippen molar-refractivity contribution in [2.45, 2.75) is 51.6 Å². The maximum Gasteiger partial charge on any atom is 0.102 e. The summed E-state index contributed by atoms with van der Waals surface area (Å²) in [6, 6.07) is 2.97. The SMILES string of the molecule is CCCC[Si]1(CCCC)C=CC=C1. The second-order valence-corrected chi connectivity index (χ2v) is 8.29. The van der Waals surface area contributed by atoms with Gasteiger partial charge in [-0.15, -0.1) is 0 Å². The van der Waals surface area contributed by atoms with Crippen LogP contribution in [0.5, 0.6) is 0 Å². The Morgan fingerprint density at radius 3 is 1.69 bits per heavy atom.